The molecular weight excluding hydrogens is 670 g/mol. The van der Waals surface area contributed by atoms with Gasteiger partial charge in [0.15, 0.2) is 21.3 Å². The van der Waals surface area contributed by atoms with Gasteiger partial charge in [-0.05, 0) is 22.4 Å². The maximum absolute atomic E-state index is 12.4. The van der Waals surface area contributed by atoms with E-state index in [1.807, 2.05) is 0 Å². The number of sulfone groups is 1. The van der Waals surface area contributed by atoms with Gasteiger partial charge in [0.25, 0.3) is 5.69 Å². The summed E-state index contributed by atoms with van der Waals surface area (Å²) in [6.07, 6.45) is 21.5. The van der Waals surface area contributed by atoms with E-state index in [1.54, 1.807) is 30.3 Å². The number of nitrogens with zero attached hydrogens (tertiary/aromatic N) is 3. The zero-order valence-corrected chi connectivity index (χ0v) is 29.6. The van der Waals surface area contributed by atoms with Gasteiger partial charge in [-0.3, -0.25) is 10.1 Å². The van der Waals surface area contributed by atoms with Crippen LogP contribution < -0.4 is 4.74 Å². The van der Waals surface area contributed by atoms with Gasteiger partial charge in [0.1, 0.15) is 10.6 Å². The molecule has 0 saturated heterocycles. The van der Waals surface area contributed by atoms with E-state index in [4.69, 9.17) is 4.74 Å². The van der Waals surface area contributed by atoms with Crippen LogP contribution in [0, 0.1) is 10.1 Å². The predicted octanol–water partition coefficient (Wildman–Crippen LogP) is 11.7. The number of phenols is 1. The van der Waals surface area contributed by atoms with Gasteiger partial charge >= 0.3 is 0 Å². The van der Waals surface area contributed by atoms with Crippen molar-refractivity contribution in [2.45, 2.75) is 115 Å². The van der Waals surface area contributed by atoms with Crippen molar-refractivity contribution in [1.82, 2.24) is 0 Å². The molecule has 0 aliphatic heterocycles. The molecule has 3 aromatic rings. The minimum absolute atomic E-state index is 0.000570. The molecular formula is C35H48BrN3O6S. The lowest BCUT2D eigenvalue weighted by Crippen LogP contribution is -2.00. The molecule has 0 spiro atoms. The highest BCUT2D eigenvalue weighted by Gasteiger charge is 2.22. The number of non-ortho nitro benzene ring substituents is 1. The molecule has 0 heterocycles. The molecule has 1 N–H and O–H groups in total. The number of phenolic OH excluding ortho intramolecular Hbond substituents is 1. The number of azo groups is 1. The fourth-order valence-electron chi connectivity index (χ4n) is 5.49. The molecule has 9 nitrogen and oxygen atoms in total. The molecule has 0 bridgehead atoms. The quantitative estimate of drug-likeness (QED) is 0.0476. The SMILES string of the molecule is CCCCCCCCCCCCCCCCCCOc1cc(N=Nc2c(Br)cc([N+](=O)[O-])cc2S(C)(=O)=O)c2ccccc2c1O. The molecule has 0 aromatic heterocycles. The number of hydrogen-bond donors (Lipinski definition) is 1. The maximum Gasteiger partial charge on any atom is 0.272 e. The molecule has 0 aliphatic carbocycles. The van der Waals surface area contributed by atoms with Gasteiger partial charge in [0.2, 0.25) is 0 Å². The van der Waals surface area contributed by atoms with E-state index < -0.39 is 14.8 Å². The summed E-state index contributed by atoms with van der Waals surface area (Å²) in [5.74, 6) is 0.263. The molecule has 0 unspecified atom stereocenters. The van der Waals surface area contributed by atoms with E-state index in [-0.39, 0.29) is 32.2 Å². The van der Waals surface area contributed by atoms with Crippen LogP contribution in [0.5, 0.6) is 11.5 Å². The third-order valence-corrected chi connectivity index (χ3v) is 9.81. The Kier molecular flexibility index (Phi) is 15.9. The highest BCUT2D eigenvalue weighted by molar-refractivity contribution is 9.10. The van der Waals surface area contributed by atoms with Crippen molar-refractivity contribution in [1.29, 1.82) is 0 Å². The number of ether oxygens (including phenoxy) is 1. The smallest absolute Gasteiger partial charge is 0.272 e. The summed E-state index contributed by atoms with van der Waals surface area (Å²) in [7, 11) is -3.86. The molecule has 252 valence electrons. The van der Waals surface area contributed by atoms with Crippen LogP contribution in [-0.2, 0) is 9.84 Å². The fourth-order valence-corrected chi connectivity index (χ4v) is 6.99. The first-order valence-corrected chi connectivity index (χ1v) is 19.3. The van der Waals surface area contributed by atoms with Crippen molar-refractivity contribution in [3.63, 3.8) is 0 Å². The fraction of sp³-hybridized carbons (Fsp3) is 0.543. The number of halogens is 1. The molecule has 11 heteroatoms. The minimum Gasteiger partial charge on any atom is -0.504 e. The molecule has 0 saturated carbocycles. The molecule has 46 heavy (non-hydrogen) atoms. The van der Waals surface area contributed by atoms with Crippen LogP contribution in [0.15, 0.2) is 62.1 Å². The number of benzene rings is 3. The van der Waals surface area contributed by atoms with E-state index >= 15 is 0 Å². The zero-order chi connectivity index (χ0) is 33.4. The number of nitro groups is 1. The minimum atomic E-state index is -3.86. The Bertz CT molecular complexity index is 1560. The van der Waals surface area contributed by atoms with Gasteiger partial charge in [-0.2, -0.15) is 0 Å². The first-order valence-electron chi connectivity index (χ1n) is 16.6. The number of aromatic hydroxyl groups is 1. The van der Waals surface area contributed by atoms with Crippen LogP contribution in [0.2, 0.25) is 0 Å². The van der Waals surface area contributed by atoms with Crippen molar-refractivity contribution < 1.29 is 23.2 Å². The number of fused-ring (bicyclic) bond motifs is 1. The molecule has 3 aromatic carbocycles. The lowest BCUT2D eigenvalue weighted by Gasteiger charge is -2.12. The average Bonchev–Trinajstić information content (AvgIpc) is 3.02. The third-order valence-electron chi connectivity index (χ3n) is 8.10. The van der Waals surface area contributed by atoms with Crippen molar-refractivity contribution in [3.8, 4) is 11.5 Å². The lowest BCUT2D eigenvalue weighted by atomic mass is 10.0. The van der Waals surface area contributed by atoms with E-state index in [1.165, 1.54) is 89.5 Å². The summed E-state index contributed by atoms with van der Waals surface area (Å²) >= 11 is 3.21. The first kappa shape index (κ1) is 37.4. The van der Waals surface area contributed by atoms with Gasteiger partial charge in [-0.15, -0.1) is 10.2 Å². The van der Waals surface area contributed by atoms with E-state index in [9.17, 15) is 23.6 Å². The monoisotopic (exact) mass is 717 g/mol. The Balaban J connectivity index is 1.51. The van der Waals surface area contributed by atoms with Crippen LogP contribution in [-0.4, -0.2) is 31.3 Å². The highest BCUT2D eigenvalue weighted by Crippen LogP contribution is 2.43. The number of nitro benzene ring substituents is 1. The highest BCUT2D eigenvalue weighted by atomic mass is 79.9. The molecule has 0 amide bonds. The largest absolute Gasteiger partial charge is 0.504 e. The summed E-state index contributed by atoms with van der Waals surface area (Å²) < 4.78 is 31.0. The van der Waals surface area contributed by atoms with Crippen molar-refractivity contribution >= 4 is 53.6 Å². The molecule has 3 rings (SSSR count). The van der Waals surface area contributed by atoms with Crippen LogP contribution in [0.1, 0.15) is 110 Å². The van der Waals surface area contributed by atoms with Gasteiger partial charge in [-0.25, -0.2) is 8.42 Å². The van der Waals surface area contributed by atoms with Gasteiger partial charge in [-0.1, -0.05) is 128 Å². The normalized spacial score (nSPS) is 11.9. The van der Waals surface area contributed by atoms with E-state index in [2.05, 4.69) is 33.1 Å². The van der Waals surface area contributed by atoms with Crippen molar-refractivity contribution in [2.75, 3.05) is 12.9 Å². The lowest BCUT2D eigenvalue weighted by molar-refractivity contribution is -0.385. The van der Waals surface area contributed by atoms with E-state index in [0.29, 0.717) is 23.1 Å². The summed E-state index contributed by atoms with van der Waals surface area (Å²) in [6.45, 7) is 2.70. The molecule has 0 aliphatic rings. The standard InChI is InChI=1S/C35H48BrN3O6S/c1-3-4-5-6-7-8-9-10-11-12-13-14-15-16-17-20-23-45-32-26-31(28-21-18-19-22-29(28)35(32)40)37-38-34-30(36)24-27(39(41)42)25-33(34)46(2,43)44/h18-19,21-22,24-26,40H,3-17,20,23H2,1-2H3. The van der Waals surface area contributed by atoms with Crippen LogP contribution in [0.25, 0.3) is 10.8 Å². The maximum atomic E-state index is 12.4. The Morgan fingerprint density at radius 3 is 1.85 bits per heavy atom. The Hall–Kier alpha value is -3.05. The Labute approximate surface area is 282 Å². The Morgan fingerprint density at radius 2 is 1.33 bits per heavy atom. The first-order chi connectivity index (χ1) is 22.1. The molecule has 0 fully saturated rings. The van der Waals surface area contributed by atoms with Crippen LogP contribution in [0.4, 0.5) is 17.1 Å². The van der Waals surface area contributed by atoms with Gasteiger partial charge in [0, 0.05) is 35.2 Å². The predicted molar refractivity (Wildman–Crippen MR) is 189 cm³/mol. The second kappa shape index (κ2) is 19.6. The van der Waals surface area contributed by atoms with Crippen molar-refractivity contribution in [2.24, 2.45) is 10.2 Å². The van der Waals surface area contributed by atoms with Crippen molar-refractivity contribution in [3.05, 3.63) is 57.1 Å². The average molecular weight is 719 g/mol. The number of unbranched alkanes of at least 4 members (excludes halogenated alkanes) is 15. The third kappa shape index (κ3) is 12.0. The summed E-state index contributed by atoms with van der Waals surface area (Å²) in [6, 6.07) is 10.8. The molecule has 0 radical (unpaired) electrons. The van der Waals surface area contributed by atoms with E-state index in [0.717, 1.165) is 31.6 Å². The van der Waals surface area contributed by atoms with Crippen LogP contribution in [0.3, 0.4) is 0 Å². The Morgan fingerprint density at radius 1 is 0.804 bits per heavy atom. The number of rotatable bonds is 22. The van der Waals surface area contributed by atoms with Gasteiger partial charge < -0.3 is 9.84 Å². The zero-order valence-electron chi connectivity index (χ0n) is 27.2. The topological polar surface area (TPSA) is 131 Å². The van der Waals surface area contributed by atoms with Gasteiger partial charge in [0.05, 0.1) is 21.7 Å². The second-order valence-electron chi connectivity index (χ2n) is 11.9. The number of hydrogen-bond acceptors (Lipinski definition) is 8. The summed E-state index contributed by atoms with van der Waals surface area (Å²) in [5.41, 5.74) is -0.0768. The van der Waals surface area contributed by atoms with Crippen LogP contribution >= 0.6 is 15.9 Å². The molecule has 0 atom stereocenters. The second-order valence-corrected chi connectivity index (χ2v) is 14.8. The summed E-state index contributed by atoms with van der Waals surface area (Å²) in [4.78, 5) is 10.3. The summed E-state index contributed by atoms with van der Waals surface area (Å²) in [5, 5.41) is 31.8.